The van der Waals surface area contributed by atoms with Crippen molar-refractivity contribution in [3.05, 3.63) is 29.8 Å². The molecule has 2 aromatic rings. The fraction of sp³-hybridized carbons (Fsp3) is 0.600. The fourth-order valence-electron chi connectivity index (χ4n) is 5.28. The molecule has 1 aliphatic heterocycles. The summed E-state index contributed by atoms with van der Waals surface area (Å²) in [7, 11) is 1.40. The molecule has 9 nitrogen and oxygen atoms in total. The number of halogens is 4. The Morgan fingerprint density at radius 1 is 1.24 bits per heavy atom. The second-order valence-corrected chi connectivity index (χ2v) is 10.3. The summed E-state index contributed by atoms with van der Waals surface area (Å²) in [5.41, 5.74) is -2.18. The average molecular weight is 542 g/mol. The number of aliphatic hydroxyl groups is 1. The number of alkyl halides is 3. The van der Waals surface area contributed by atoms with Crippen molar-refractivity contribution in [1.29, 1.82) is 0 Å². The number of nitrogens with one attached hydrogen (secondary N) is 2. The summed E-state index contributed by atoms with van der Waals surface area (Å²) in [6.07, 6.45) is -4.15. The number of hydrogen-bond donors (Lipinski definition) is 3. The average Bonchev–Trinajstić information content (AvgIpc) is 3.36. The van der Waals surface area contributed by atoms with Crippen molar-refractivity contribution in [2.45, 2.75) is 69.8 Å². The van der Waals surface area contributed by atoms with Crippen molar-refractivity contribution >= 4 is 11.8 Å². The van der Waals surface area contributed by atoms with Crippen molar-refractivity contribution in [3.63, 3.8) is 0 Å². The largest absolute Gasteiger partial charge is 0.481 e. The third-order valence-corrected chi connectivity index (χ3v) is 7.71. The van der Waals surface area contributed by atoms with Crippen LogP contribution in [-0.2, 0) is 4.79 Å². The summed E-state index contributed by atoms with van der Waals surface area (Å²) in [4.78, 5) is 31.7. The SMILES string of the molecule is COc1cc(-c2cc(C(=O)N3C[C@H](C)[C@@H](C(=O)N[C@H]4CC[C@@](O)(C(F)(F)F)CC4)C[C@@H]3C)n[nH]2)c(F)cn1. The number of H-pyrrole nitrogens is 1. The number of nitrogens with zero attached hydrogens (tertiary/aromatic N) is 3. The van der Waals surface area contributed by atoms with Gasteiger partial charge in [0.25, 0.3) is 5.91 Å². The number of methoxy groups -OCH3 is 1. The zero-order chi connectivity index (χ0) is 27.8. The van der Waals surface area contributed by atoms with Gasteiger partial charge in [0.1, 0.15) is 0 Å². The Balaban J connectivity index is 1.37. The summed E-state index contributed by atoms with van der Waals surface area (Å²) in [5, 5.41) is 19.4. The van der Waals surface area contributed by atoms with E-state index in [0.29, 0.717) is 6.42 Å². The highest BCUT2D eigenvalue weighted by atomic mass is 19.4. The van der Waals surface area contributed by atoms with Gasteiger partial charge in [-0.25, -0.2) is 9.37 Å². The van der Waals surface area contributed by atoms with Gasteiger partial charge in [-0.3, -0.25) is 14.7 Å². The molecule has 1 saturated carbocycles. The van der Waals surface area contributed by atoms with Crippen LogP contribution in [0.2, 0.25) is 0 Å². The lowest BCUT2D eigenvalue weighted by molar-refractivity contribution is -0.270. The lowest BCUT2D eigenvalue weighted by Gasteiger charge is -2.42. The number of aromatic nitrogens is 3. The van der Waals surface area contributed by atoms with E-state index in [4.69, 9.17) is 4.74 Å². The molecule has 208 valence electrons. The molecule has 2 aromatic heterocycles. The zero-order valence-corrected chi connectivity index (χ0v) is 21.3. The molecule has 0 aromatic carbocycles. The van der Waals surface area contributed by atoms with Crippen LogP contribution in [0.1, 0.15) is 56.4 Å². The molecule has 0 bridgehead atoms. The number of hydrogen-bond acceptors (Lipinski definition) is 6. The number of piperidine rings is 1. The third kappa shape index (κ3) is 5.47. The predicted octanol–water partition coefficient (Wildman–Crippen LogP) is 3.46. The number of likely N-dealkylation sites (tertiary alicyclic amines) is 1. The van der Waals surface area contributed by atoms with E-state index in [-0.39, 0.29) is 66.0 Å². The quantitative estimate of drug-likeness (QED) is 0.499. The summed E-state index contributed by atoms with van der Waals surface area (Å²) in [6, 6.07) is 2.08. The van der Waals surface area contributed by atoms with E-state index >= 15 is 0 Å². The number of ether oxygens (including phenoxy) is 1. The standard InChI is InChI=1S/C25H31F4N5O4/c1-13-12-34(23(36)20-10-19(32-33-20)17-9-21(38-3)30-11-18(17)26)14(2)8-16(13)22(35)31-15-4-6-24(37,7-5-15)25(27,28)29/h9-11,13-16,37H,4-8,12H2,1-3H3,(H,31,35)(H,32,33)/t13-,14-,15-,16-,24-/m0/s1. The van der Waals surface area contributed by atoms with Gasteiger partial charge in [-0.2, -0.15) is 18.3 Å². The van der Waals surface area contributed by atoms with E-state index in [1.807, 2.05) is 13.8 Å². The first-order chi connectivity index (χ1) is 17.8. The van der Waals surface area contributed by atoms with Crippen LogP contribution in [0.5, 0.6) is 5.88 Å². The summed E-state index contributed by atoms with van der Waals surface area (Å²) in [5.74, 6) is -1.68. The minimum Gasteiger partial charge on any atom is -0.481 e. The van der Waals surface area contributed by atoms with E-state index in [1.54, 1.807) is 4.90 Å². The fourth-order valence-corrected chi connectivity index (χ4v) is 5.28. The Kier molecular flexibility index (Phi) is 7.69. The molecule has 1 aliphatic carbocycles. The smallest absolute Gasteiger partial charge is 0.417 e. The molecule has 2 aliphatic rings. The maximum Gasteiger partial charge on any atom is 0.417 e. The molecule has 3 N–H and O–H groups in total. The van der Waals surface area contributed by atoms with Crippen LogP contribution >= 0.6 is 0 Å². The van der Waals surface area contributed by atoms with E-state index in [0.717, 1.165) is 6.20 Å². The van der Waals surface area contributed by atoms with Crippen molar-refractivity contribution < 1.29 is 37.0 Å². The van der Waals surface area contributed by atoms with E-state index in [2.05, 4.69) is 20.5 Å². The van der Waals surface area contributed by atoms with Crippen LogP contribution in [0.25, 0.3) is 11.3 Å². The molecule has 38 heavy (non-hydrogen) atoms. The Morgan fingerprint density at radius 2 is 1.92 bits per heavy atom. The van der Waals surface area contributed by atoms with Gasteiger partial charge in [0.15, 0.2) is 17.1 Å². The lowest BCUT2D eigenvalue weighted by Crippen LogP contribution is -2.54. The molecule has 4 rings (SSSR count). The van der Waals surface area contributed by atoms with Gasteiger partial charge in [-0.05, 0) is 51.0 Å². The topological polar surface area (TPSA) is 120 Å². The molecule has 0 spiro atoms. The first kappa shape index (κ1) is 27.8. The number of aromatic amines is 1. The second kappa shape index (κ2) is 10.5. The van der Waals surface area contributed by atoms with Crippen molar-refractivity contribution in [2.75, 3.05) is 13.7 Å². The van der Waals surface area contributed by atoms with Crippen LogP contribution < -0.4 is 10.1 Å². The minimum atomic E-state index is -4.69. The molecule has 1 saturated heterocycles. The molecule has 13 heteroatoms. The first-order valence-electron chi connectivity index (χ1n) is 12.5. The Labute approximate surface area is 217 Å². The van der Waals surface area contributed by atoms with Gasteiger partial charge in [-0.1, -0.05) is 6.92 Å². The zero-order valence-electron chi connectivity index (χ0n) is 21.3. The molecule has 0 unspecified atom stereocenters. The summed E-state index contributed by atoms with van der Waals surface area (Å²) in [6.45, 7) is 3.93. The highest BCUT2D eigenvalue weighted by molar-refractivity contribution is 5.94. The number of pyridine rings is 1. The van der Waals surface area contributed by atoms with Gasteiger partial charge >= 0.3 is 6.18 Å². The highest BCUT2D eigenvalue weighted by Gasteiger charge is 2.54. The summed E-state index contributed by atoms with van der Waals surface area (Å²) < 4.78 is 58.5. The van der Waals surface area contributed by atoms with Crippen molar-refractivity contribution in [2.24, 2.45) is 11.8 Å². The minimum absolute atomic E-state index is 0.0362. The van der Waals surface area contributed by atoms with E-state index in [1.165, 1.54) is 19.2 Å². The molecular formula is C25H31F4N5O4. The molecule has 0 radical (unpaired) electrons. The second-order valence-electron chi connectivity index (χ2n) is 10.3. The third-order valence-electron chi connectivity index (χ3n) is 7.71. The van der Waals surface area contributed by atoms with Crippen LogP contribution in [-0.4, -0.2) is 74.5 Å². The lowest BCUT2D eigenvalue weighted by atomic mass is 9.80. The van der Waals surface area contributed by atoms with Crippen LogP contribution in [0.3, 0.4) is 0 Å². The molecule has 2 fully saturated rings. The van der Waals surface area contributed by atoms with Crippen LogP contribution in [0, 0.1) is 17.7 Å². The molecule has 2 amide bonds. The van der Waals surface area contributed by atoms with Crippen molar-refractivity contribution in [1.82, 2.24) is 25.4 Å². The highest BCUT2D eigenvalue weighted by Crippen LogP contribution is 2.41. The predicted molar refractivity (Wildman–Crippen MR) is 128 cm³/mol. The van der Waals surface area contributed by atoms with Gasteiger partial charge in [0, 0.05) is 36.2 Å². The van der Waals surface area contributed by atoms with Gasteiger partial charge in [0.05, 0.1) is 19.0 Å². The molecule has 3 atom stereocenters. The molecular weight excluding hydrogens is 510 g/mol. The van der Waals surface area contributed by atoms with Crippen molar-refractivity contribution in [3.8, 4) is 17.1 Å². The number of rotatable bonds is 5. The number of carbonyl (C=O) groups excluding carboxylic acids is 2. The van der Waals surface area contributed by atoms with Gasteiger partial charge < -0.3 is 20.1 Å². The number of amides is 2. The normalized spacial score (nSPS) is 28.2. The monoisotopic (exact) mass is 541 g/mol. The first-order valence-corrected chi connectivity index (χ1v) is 12.5. The number of carbonyl (C=O) groups is 2. The van der Waals surface area contributed by atoms with Crippen LogP contribution in [0.15, 0.2) is 18.3 Å². The molecule has 3 heterocycles. The maximum absolute atomic E-state index is 14.3. The Hall–Kier alpha value is -3.22. The van der Waals surface area contributed by atoms with Gasteiger partial charge in [-0.15, -0.1) is 0 Å². The van der Waals surface area contributed by atoms with E-state index < -0.39 is 42.4 Å². The van der Waals surface area contributed by atoms with Gasteiger partial charge in [0.2, 0.25) is 11.8 Å². The maximum atomic E-state index is 14.3. The van der Waals surface area contributed by atoms with Crippen LogP contribution in [0.4, 0.5) is 17.6 Å². The summed E-state index contributed by atoms with van der Waals surface area (Å²) >= 11 is 0. The Morgan fingerprint density at radius 3 is 2.55 bits per heavy atom. The Bertz CT molecular complexity index is 1180. The van der Waals surface area contributed by atoms with E-state index in [9.17, 15) is 32.3 Å².